The van der Waals surface area contributed by atoms with E-state index in [9.17, 15) is 13.2 Å². The fourth-order valence-electron chi connectivity index (χ4n) is 5.09. The summed E-state index contributed by atoms with van der Waals surface area (Å²) in [6.07, 6.45) is 6.66. The Morgan fingerprint density at radius 2 is 1.93 bits per heavy atom. The molecule has 4 rings (SSSR count). The number of hydrogen-bond donors (Lipinski definition) is 0. The van der Waals surface area contributed by atoms with Crippen LogP contribution in [0.2, 0.25) is 0 Å². The highest BCUT2D eigenvalue weighted by Gasteiger charge is 2.59. The van der Waals surface area contributed by atoms with Gasteiger partial charge < -0.3 is 9.42 Å². The third-order valence-corrected chi connectivity index (χ3v) is 8.56. The van der Waals surface area contributed by atoms with Gasteiger partial charge in [0.1, 0.15) is 0 Å². The van der Waals surface area contributed by atoms with Crippen molar-refractivity contribution in [2.45, 2.75) is 58.3 Å². The van der Waals surface area contributed by atoms with Crippen LogP contribution in [-0.4, -0.2) is 65.6 Å². The second-order valence-electron chi connectivity index (χ2n) is 8.75. The quantitative estimate of drug-likeness (QED) is 0.736. The van der Waals surface area contributed by atoms with Gasteiger partial charge in [-0.3, -0.25) is 4.79 Å². The molecular formula is C19H30N4O4S. The number of carbonyl (C=O) groups excluding carboxylic acids is 1. The largest absolute Gasteiger partial charge is 0.341 e. The van der Waals surface area contributed by atoms with Crippen molar-refractivity contribution in [3.8, 4) is 0 Å². The molecule has 1 unspecified atom stereocenters. The fraction of sp³-hybridized carbons (Fsp3) is 0.842. The smallest absolute Gasteiger partial charge is 0.231 e. The van der Waals surface area contributed by atoms with Gasteiger partial charge in [0.2, 0.25) is 21.8 Å². The molecule has 156 valence electrons. The Morgan fingerprint density at radius 1 is 1.21 bits per heavy atom. The van der Waals surface area contributed by atoms with Crippen molar-refractivity contribution in [1.82, 2.24) is 19.3 Å². The molecule has 0 bridgehead atoms. The van der Waals surface area contributed by atoms with Gasteiger partial charge in [-0.05, 0) is 32.6 Å². The Morgan fingerprint density at radius 3 is 2.54 bits per heavy atom. The molecular weight excluding hydrogens is 380 g/mol. The monoisotopic (exact) mass is 410 g/mol. The fourth-order valence-corrected chi connectivity index (χ4v) is 6.29. The Hall–Kier alpha value is -1.48. The van der Waals surface area contributed by atoms with Crippen molar-refractivity contribution in [3.63, 3.8) is 0 Å². The number of aryl methyl sites for hydroxylation is 1. The third-order valence-electron chi connectivity index (χ3n) is 6.77. The zero-order valence-corrected chi connectivity index (χ0v) is 17.6. The maximum atomic E-state index is 12.8. The zero-order valence-electron chi connectivity index (χ0n) is 16.8. The number of rotatable bonds is 5. The van der Waals surface area contributed by atoms with E-state index in [2.05, 4.69) is 10.1 Å². The summed E-state index contributed by atoms with van der Waals surface area (Å²) in [6.45, 7) is 5.33. The first-order valence-electron chi connectivity index (χ1n) is 10.4. The molecule has 1 aliphatic carbocycles. The van der Waals surface area contributed by atoms with E-state index in [0.29, 0.717) is 50.2 Å². The summed E-state index contributed by atoms with van der Waals surface area (Å²) in [4.78, 5) is 19.0. The van der Waals surface area contributed by atoms with Crippen molar-refractivity contribution in [2.75, 3.05) is 31.9 Å². The summed E-state index contributed by atoms with van der Waals surface area (Å²) >= 11 is 0. The number of nitrogens with zero attached hydrogens (tertiary/aromatic N) is 4. The van der Waals surface area contributed by atoms with Crippen LogP contribution in [0.15, 0.2) is 4.52 Å². The molecule has 0 radical (unpaired) electrons. The highest BCUT2D eigenvalue weighted by atomic mass is 32.2. The van der Waals surface area contributed by atoms with Crippen LogP contribution in [0.3, 0.4) is 0 Å². The highest BCUT2D eigenvalue weighted by molar-refractivity contribution is 7.89. The normalized spacial score (nSPS) is 25.9. The van der Waals surface area contributed by atoms with E-state index < -0.39 is 10.0 Å². The Balaban J connectivity index is 1.47. The minimum Gasteiger partial charge on any atom is -0.341 e. The number of likely N-dealkylation sites (tertiary alicyclic amines) is 1. The molecule has 1 spiro atoms. The van der Waals surface area contributed by atoms with Crippen molar-refractivity contribution in [2.24, 2.45) is 11.3 Å². The van der Waals surface area contributed by atoms with Gasteiger partial charge in [-0.1, -0.05) is 24.4 Å². The number of carbonyl (C=O) groups is 1. The van der Waals surface area contributed by atoms with Crippen molar-refractivity contribution in [3.05, 3.63) is 11.7 Å². The van der Waals surface area contributed by atoms with Crippen LogP contribution in [-0.2, 0) is 14.8 Å². The lowest BCUT2D eigenvalue weighted by Crippen LogP contribution is -2.61. The van der Waals surface area contributed by atoms with Gasteiger partial charge in [-0.2, -0.15) is 4.98 Å². The van der Waals surface area contributed by atoms with E-state index >= 15 is 0 Å². The molecule has 9 heteroatoms. The molecule has 0 aromatic carbocycles. The van der Waals surface area contributed by atoms with Crippen LogP contribution in [0.25, 0.3) is 0 Å². The van der Waals surface area contributed by atoms with Crippen molar-refractivity contribution in [1.29, 1.82) is 0 Å². The predicted octanol–water partition coefficient (Wildman–Crippen LogP) is 1.93. The molecule has 3 fully saturated rings. The SMILES string of the molecule is CCS(=O)(=O)N1CC(c2nc(C)no2)C2(CN(C(=O)CC3CCCCC3)C2)C1. The van der Waals surface area contributed by atoms with E-state index in [4.69, 9.17) is 4.52 Å². The second kappa shape index (κ2) is 7.40. The first-order valence-corrected chi connectivity index (χ1v) is 12.0. The van der Waals surface area contributed by atoms with Gasteiger partial charge in [0.15, 0.2) is 5.82 Å². The summed E-state index contributed by atoms with van der Waals surface area (Å²) in [5, 5.41) is 3.89. The Kier molecular flexibility index (Phi) is 5.24. The summed E-state index contributed by atoms with van der Waals surface area (Å²) in [5.41, 5.74) is -0.316. The minimum absolute atomic E-state index is 0.0724. The lowest BCUT2D eigenvalue weighted by molar-refractivity contribution is -0.145. The number of amides is 1. The molecule has 1 atom stereocenters. The Bertz CT molecular complexity index is 825. The Labute approximate surface area is 166 Å². The molecule has 28 heavy (non-hydrogen) atoms. The van der Waals surface area contributed by atoms with Gasteiger partial charge in [0.25, 0.3) is 0 Å². The van der Waals surface area contributed by atoms with Gasteiger partial charge in [-0.25, -0.2) is 12.7 Å². The average Bonchev–Trinajstić information content (AvgIpc) is 3.25. The van der Waals surface area contributed by atoms with Crippen LogP contribution in [0.1, 0.15) is 63.1 Å². The molecule has 2 saturated heterocycles. The van der Waals surface area contributed by atoms with E-state index in [1.807, 2.05) is 4.90 Å². The first-order chi connectivity index (χ1) is 13.3. The van der Waals surface area contributed by atoms with Crippen LogP contribution in [0, 0.1) is 18.3 Å². The number of hydrogen-bond acceptors (Lipinski definition) is 6. The maximum absolute atomic E-state index is 12.8. The molecule has 1 amide bonds. The van der Waals surface area contributed by atoms with E-state index in [1.165, 1.54) is 19.3 Å². The van der Waals surface area contributed by atoms with Gasteiger partial charge in [0, 0.05) is 38.0 Å². The van der Waals surface area contributed by atoms with Gasteiger partial charge in [0.05, 0.1) is 11.7 Å². The zero-order chi connectivity index (χ0) is 19.9. The predicted molar refractivity (Wildman–Crippen MR) is 103 cm³/mol. The molecule has 0 N–H and O–H groups in total. The van der Waals surface area contributed by atoms with E-state index in [-0.39, 0.29) is 23.0 Å². The van der Waals surface area contributed by atoms with E-state index in [1.54, 1.807) is 18.2 Å². The van der Waals surface area contributed by atoms with E-state index in [0.717, 1.165) is 12.8 Å². The van der Waals surface area contributed by atoms with Crippen molar-refractivity contribution >= 4 is 15.9 Å². The van der Waals surface area contributed by atoms with Gasteiger partial charge in [-0.15, -0.1) is 0 Å². The average molecular weight is 411 g/mol. The van der Waals surface area contributed by atoms with Crippen LogP contribution < -0.4 is 0 Å². The topological polar surface area (TPSA) is 96.6 Å². The second-order valence-corrected chi connectivity index (χ2v) is 11.0. The molecule has 3 heterocycles. The van der Waals surface area contributed by atoms with Crippen LogP contribution in [0.4, 0.5) is 0 Å². The molecule has 1 aromatic rings. The standard InChI is InChI=1S/C19H30N4O4S/c1-3-28(25,26)23-10-16(18-20-14(2)21-27-18)19(13-23)11-22(12-19)17(24)9-15-7-5-4-6-8-15/h15-16H,3-13H2,1-2H3. The van der Waals surface area contributed by atoms with Gasteiger partial charge >= 0.3 is 0 Å². The number of sulfonamides is 1. The molecule has 2 aliphatic heterocycles. The molecule has 1 saturated carbocycles. The molecule has 8 nitrogen and oxygen atoms in total. The summed E-state index contributed by atoms with van der Waals surface area (Å²) in [5.74, 6) is 1.66. The lowest BCUT2D eigenvalue weighted by Gasteiger charge is -2.50. The molecule has 1 aromatic heterocycles. The maximum Gasteiger partial charge on any atom is 0.231 e. The first kappa shape index (κ1) is 19.8. The summed E-state index contributed by atoms with van der Waals surface area (Å²) in [6, 6.07) is 0. The highest BCUT2D eigenvalue weighted by Crippen LogP contribution is 2.49. The summed E-state index contributed by atoms with van der Waals surface area (Å²) < 4.78 is 31.9. The molecule has 3 aliphatic rings. The van der Waals surface area contributed by atoms with Crippen molar-refractivity contribution < 1.29 is 17.7 Å². The number of aromatic nitrogens is 2. The lowest BCUT2D eigenvalue weighted by atomic mass is 9.71. The minimum atomic E-state index is -3.30. The van der Waals surface area contributed by atoms with Crippen LogP contribution >= 0.6 is 0 Å². The third kappa shape index (κ3) is 3.58. The summed E-state index contributed by atoms with van der Waals surface area (Å²) in [7, 11) is -3.30. The van der Waals surface area contributed by atoms with Crippen LogP contribution in [0.5, 0.6) is 0 Å².